The number of nitrogens with zero attached hydrogens (tertiary/aromatic N) is 3. The van der Waals surface area contributed by atoms with Crippen molar-refractivity contribution in [3.05, 3.63) is 187 Å². The molecule has 50 heavy (non-hydrogen) atoms. The Hall–Kier alpha value is -6.10. The number of likely N-dealkylation sites (N-methyl/N-ethyl adjacent to an activating group) is 1. The molecule has 0 aliphatic rings. The standard InChI is InChI=1S/C46H40N4/c1-4-17-33(30-35(5-2)48(3)46(47)32-18-8-6-9-19-32)34-20-16-23-37(31-34)50-41-26-14-12-24-38(41)39-28-29-43-44(45(39)50)40-25-13-15-27-42(40)49(43)36-21-10-7-11-22-36/h4-31,46H,47H2,1-3H3/b17-4-,33-30+,35-5-. The van der Waals surface area contributed by atoms with Gasteiger partial charge in [0.15, 0.2) is 0 Å². The molecule has 2 heterocycles. The number of benzene rings is 6. The van der Waals surface area contributed by atoms with Gasteiger partial charge >= 0.3 is 0 Å². The molecule has 1 unspecified atom stereocenters. The molecule has 6 aromatic carbocycles. The second-order valence-corrected chi connectivity index (χ2v) is 12.7. The fourth-order valence-electron chi connectivity index (χ4n) is 7.45. The minimum atomic E-state index is -0.269. The summed E-state index contributed by atoms with van der Waals surface area (Å²) in [5, 5.41) is 4.97. The average molecular weight is 649 g/mol. The summed E-state index contributed by atoms with van der Waals surface area (Å²) in [7, 11) is 2.06. The van der Waals surface area contributed by atoms with Crippen molar-refractivity contribution in [3.8, 4) is 11.4 Å². The van der Waals surface area contributed by atoms with E-state index in [-0.39, 0.29) is 6.17 Å². The highest BCUT2D eigenvalue weighted by Gasteiger charge is 2.21. The van der Waals surface area contributed by atoms with E-state index in [0.717, 1.165) is 33.8 Å². The van der Waals surface area contributed by atoms with E-state index < -0.39 is 0 Å². The van der Waals surface area contributed by atoms with Crippen LogP contribution < -0.4 is 5.73 Å². The maximum atomic E-state index is 6.75. The summed E-state index contributed by atoms with van der Waals surface area (Å²) in [6, 6.07) is 52.0. The first-order chi connectivity index (χ1) is 24.6. The van der Waals surface area contributed by atoms with Crippen LogP contribution in [0.4, 0.5) is 0 Å². The summed E-state index contributed by atoms with van der Waals surface area (Å²) >= 11 is 0. The number of nitrogens with two attached hydrogens (primary N) is 1. The molecule has 2 aromatic heterocycles. The Morgan fingerprint density at radius 3 is 1.98 bits per heavy atom. The van der Waals surface area contributed by atoms with Gasteiger partial charge in [0.25, 0.3) is 0 Å². The van der Waals surface area contributed by atoms with Crippen LogP contribution in [0, 0.1) is 0 Å². The quantitative estimate of drug-likeness (QED) is 0.132. The molecule has 4 heteroatoms. The molecule has 0 saturated carbocycles. The zero-order valence-electron chi connectivity index (χ0n) is 28.7. The van der Waals surface area contributed by atoms with Crippen molar-refractivity contribution in [3.63, 3.8) is 0 Å². The van der Waals surface area contributed by atoms with Crippen LogP contribution in [0.15, 0.2) is 176 Å². The Bertz CT molecular complexity index is 2580. The lowest BCUT2D eigenvalue weighted by atomic mass is 10.0. The number of para-hydroxylation sites is 3. The highest BCUT2D eigenvalue weighted by Crippen LogP contribution is 2.42. The second kappa shape index (κ2) is 13.1. The van der Waals surface area contributed by atoms with Crippen molar-refractivity contribution in [2.24, 2.45) is 5.73 Å². The number of hydrogen-bond acceptors (Lipinski definition) is 2. The maximum absolute atomic E-state index is 6.75. The molecule has 0 amide bonds. The molecule has 1 atom stereocenters. The second-order valence-electron chi connectivity index (χ2n) is 12.7. The van der Waals surface area contributed by atoms with Crippen molar-refractivity contribution in [2.45, 2.75) is 20.0 Å². The Morgan fingerprint density at radius 2 is 1.26 bits per heavy atom. The Labute approximate surface area is 293 Å². The minimum absolute atomic E-state index is 0.269. The summed E-state index contributed by atoms with van der Waals surface area (Å²) in [5.41, 5.74) is 18.2. The zero-order valence-corrected chi connectivity index (χ0v) is 28.7. The van der Waals surface area contributed by atoms with E-state index >= 15 is 0 Å². The first kappa shape index (κ1) is 31.2. The Balaban J connectivity index is 1.35. The molecule has 2 N–H and O–H groups in total. The first-order valence-electron chi connectivity index (χ1n) is 17.2. The fraction of sp³-hybridized carbons (Fsp3) is 0.0870. The van der Waals surface area contributed by atoms with Crippen LogP contribution in [-0.4, -0.2) is 21.1 Å². The third-order valence-electron chi connectivity index (χ3n) is 9.83. The molecular formula is C46H40N4. The largest absolute Gasteiger partial charge is 0.355 e. The molecule has 0 radical (unpaired) electrons. The van der Waals surface area contributed by atoms with Crippen LogP contribution >= 0.6 is 0 Å². The van der Waals surface area contributed by atoms with Gasteiger partial charge in [0.2, 0.25) is 0 Å². The van der Waals surface area contributed by atoms with E-state index in [4.69, 9.17) is 5.73 Å². The number of rotatable bonds is 8. The molecule has 4 nitrogen and oxygen atoms in total. The molecule has 0 bridgehead atoms. The SMILES string of the molecule is C\C=C/C(=C\C(=C\C)N(C)C(N)c1ccccc1)c1cccc(-n2c3ccccc3c3ccc4c(c5ccccc5n4-c4ccccc4)c32)c1. The molecule has 8 rings (SSSR count). The van der Waals surface area contributed by atoms with Gasteiger partial charge in [-0.25, -0.2) is 0 Å². The summed E-state index contributed by atoms with van der Waals surface area (Å²) < 4.78 is 4.85. The monoisotopic (exact) mass is 648 g/mol. The normalized spacial score (nSPS) is 13.3. The van der Waals surface area contributed by atoms with E-state index in [0.29, 0.717) is 0 Å². The van der Waals surface area contributed by atoms with Crippen molar-refractivity contribution >= 4 is 49.2 Å². The smallest absolute Gasteiger partial charge is 0.103 e. The number of hydrogen-bond donors (Lipinski definition) is 1. The first-order valence-corrected chi connectivity index (χ1v) is 17.2. The highest BCUT2D eigenvalue weighted by molar-refractivity contribution is 6.26. The van der Waals surface area contributed by atoms with Gasteiger partial charge in [0, 0.05) is 45.7 Å². The summed E-state index contributed by atoms with van der Waals surface area (Å²) in [5.74, 6) is 0. The highest BCUT2D eigenvalue weighted by atomic mass is 15.2. The lowest BCUT2D eigenvalue weighted by molar-refractivity contribution is 0.325. The molecule has 0 aliphatic carbocycles. The number of aromatic nitrogens is 2. The molecule has 0 aliphatic heterocycles. The third-order valence-corrected chi connectivity index (χ3v) is 9.83. The zero-order chi connectivity index (χ0) is 34.2. The average Bonchev–Trinajstić information content (AvgIpc) is 3.69. The van der Waals surface area contributed by atoms with Crippen LogP contribution in [0.1, 0.15) is 31.1 Å². The summed E-state index contributed by atoms with van der Waals surface area (Å²) in [6.07, 6.45) is 8.38. The van der Waals surface area contributed by atoms with Crippen LogP contribution in [0.3, 0.4) is 0 Å². The van der Waals surface area contributed by atoms with E-state index in [9.17, 15) is 0 Å². The maximum Gasteiger partial charge on any atom is 0.103 e. The van der Waals surface area contributed by atoms with Crippen LogP contribution in [0.25, 0.3) is 60.6 Å². The van der Waals surface area contributed by atoms with Crippen molar-refractivity contribution < 1.29 is 0 Å². The predicted octanol–water partition coefficient (Wildman–Crippen LogP) is 11.3. The number of allylic oxidation sites excluding steroid dienone is 5. The molecule has 244 valence electrons. The van der Waals surface area contributed by atoms with E-state index in [1.807, 2.05) is 18.2 Å². The molecule has 0 saturated heterocycles. The van der Waals surface area contributed by atoms with Crippen LogP contribution in [-0.2, 0) is 0 Å². The van der Waals surface area contributed by atoms with Gasteiger partial charge in [-0.1, -0.05) is 121 Å². The van der Waals surface area contributed by atoms with Crippen molar-refractivity contribution in [2.75, 3.05) is 7.05 Å². The van der Waals surface area contributed by atoms with Gasteiger partial charge in [-0.15, -0.1) is 0 Å². The van der Waals surface area contributed by atoms with Crippen molar-refractivity contribution in [1.29, 1.82) is 0 Å². The predicted molar refractivity (Wildman–Crippen MR) is 213 cm³/mol. The van der Waals surface area contributed by atoms with E-state index in [1.54, 1.807) is 0 Å². The molecule has 0 spiro atoms. The Morgan fingerprint density at radius 1 is 0.620 bits per heavy atom. The van der Waals surface area contributed by atoms with Gasteiger partial charge in [0.1, 0.15) is 6.17 Å². The Kier molecular flexibility index (Phi) is 8.15. The summed E-state index contributed by atoms with van der Waals surface area (Å²) in [4.78, 5) is 2.13. The van der Waals surface area contributed by atoms with Gasteiger partial charge in [-0.05, 0) is 79.1 Å². The van der Waals surface area contributed by atoms with E-state index in [2.05, 4.69) is 187 Å². The summed E-state index contributed by atoms with van der Waals surface area (Å²) in [6.45, 7) is 4.14. The van der Waals surface area contributed by atoms with Gasteiger partial charge in [-0.3, -0.25) is 0 Å². The van der Waals surface area contributed by atoms with Crippen LogP contribution in [0.2, 0.25) is 0 Å². The van der Waals surface area contributed by atoms with Gasteiger partial charge in [0.05, 0.1) is 22.1 Å². The lowest BCUT2D eigenvalue weighted by Gasteiger charge is -2.28. The molecule has 0 fully saturated rings. The van der Waals surface area contributed by atoms with Gasteiger partial charge in [-0.2, -0.15) is 0 Å². The van der Waals surface area contributed by atoms with E-state index in [1.165, 1.54) is 43.6 Å². The minimum Gasteiger partial charge on any atom is -0.355 e. The topological polar surface area (TPSA) is 39.1 Å². The lowest BCUT2D eigenvalue weighted by Crippen LogP contribution is -2.30. The van der Waals surface area contributed by atoms with Crippen LogP contribution in [0.5, 0.6) is 0 Å². The van der Waals surface area contributed by atoms with Crippen molar-refractivity contribution in [1.82, 2.24) is 14.0 Å². The molecular weight excluding hydrogens is 609 g/mol. The third kappa shape index (κ3) is 5.22. The van der Waals surface area contributed by atoms with Gasteiger partial charge < -0.3 is 19.8 Å². The molecule has 8 aromatic rings. The fourth-order valence-corrected chi connectivity index (χ4v) is 7.45. The number of fused-ring (bicyclic) bond motifs is 7.